The lowest BCUT2D eigenvalue weighted by Gasteiger charge is -1.95. The molecule has 0 unspecified atom stereocenters. The Bertz CT molecular complexity index is 429. The van der Waals surface area contributed by atoms with E-state index in [2.05, 4.69) is 5.10 Å². The summed E-state index contributed by atoms with van der Waals surface area (Å²) < 4.78 is 1.85. The maximum absolute atomic E-state index is 5.82. The first-order chi connectivity index (χ1) is 5.70. The van der Waals surface area contributed by atoms with E-state index < -0.39 is 0 Å². The molecular formula is C9H11N3. The molecular weight excluding hydrogens is 150 g/mol. The van der Waals surface area contributed by atoms with E-state index in [-0.39, 0.29) is 0 Å². The van der Waals surface area contributed by atoms with Crippen LogP contribution in [0.4, 0.5) is 5.69 Å². The van der Waals surface area contributed by atoms with E-state index >= 15 is 0 Å². The first kappa shape index (κ1) is 7.16. The van der Waals surface area contributed by atoms with Crippen molar-refractivity contribution >= 4 is 16.6 Å². The van der Waals surface area contributed by atoms with Gasteiger partial charge in [0.2, 0.25) is 0 Å². The number of hydrogen-bond donors (Lipinski definition) is 1. The lowest BCUT2D eigenvalue weighted by Crippen LogP contribution is -1.89. The lowest BCUT2D eigenvalue weighted by atomic mass is 10.2. The Labute approximate surface area is 70.8 Å². The molecule has 2 rings (SSSR count). The molecule has 0 radical (unpaired) electrons. The van der Waals surface area contributed by atoms with Crippen LogP contribution in [0.3, 0.4) is 0 Å². The highest BCUT2D eigenvalue weighted by atomic mass is 15.3. The molecule has 2 aromatic rings. The molecule has 1 aromatic carbocycles. The number of anilines is 1. The van der Waals surface area contributed by atoms with Gasteiger partial charge in [0.25, 0.3) is 0 Å². The average molecular weight is 161 g/mol. The molecule has 3 nitrogen and oxygen atoms in total. The summed E-state index contributed by atoms with van der Waals surface area (Å²) in [5, 5.41) is 5.36. The first-order valence-corrected chi connectivity index (χ1v) is 3.88. The summed E-state index contributed by atoms with van der Waals surface area (Å²) in [6, 6.07) is 5.86. The summed E-state index contributed by atoms with van der Waals surface area (Å²) in [5.74, 6) is 0. The number of nitrogen functional groups attached to an aromatic ring is 1. The second-order valence-electron chi connectivity index (χ2n) is 2.95. The number of aromatic nitrogens is 2. The van der Waals surface area contributed by atoms with Crippen LogP contribution < -0.4 is 5.73 Å². The van der Waals surface area contributed by atoms with Crippen molar-refractivity contribution in [3.8, 4) is 0 Å². The van der Waals surface area contributed by atoms with Crippen molar-refractivity contribution < 1.29 is 0 Å². The molecule has 1 aromatic heterocycles. The molecule has 0 aliphatic heterocycles. The SMILES string of the molecule is Cc1nn(C)c2cccc(N)c12. The second kappa shape index (κ2) is 2.24. The molecule has 0 saturated carbocycles. The van der Waals surface area contributed by atoms with Crippen LogP contribution in [-0.4, -0.2) is 9.78 Å². The predicted molar refractivity (Wildman–Crippen MR) is 49.9 cm³/mol. The van der Waals surface area contributed by atoms with Gasteiger partial charge in [0.1, 0.15) is 0 Å². The van der Waals surface area contributed by atoms with Gasteiger partial charge in [-0.3, -0.25) is 4.68 Å². The summed E-state index contributed by atoms with van der Waals surface area (Å²) >= 11 is 0. The second-order valence-corrected chi connectivity index (χ2v) is 2.95. The van der Waals surface area contributed by atoms with Crippen LogP contribution in [0.5, 0.6) is 0 Å². The van der Waals surface area contributed by atoms with Gasteiger partial charge in [0.05, 0.1) is 11.2 Å². The fourth-order valence-corrected chi connectivity index (χ4v) is 1.55. The predicted octanol–water partition coefficient (Wildman–Crippen LogP) is 1.46. The Morgan fingerprint density at radius 3 is 2.83 bits per heavy atom. The van der Waals surface area contributed by atoms with Crippen molar-refractivity contribution in [1.82, 2.24) is 9.78 Å². The van der Waals surface area contributed by atoms with E-state index in [4.69, 9.17) is 5.73 Å². The Kier molecular flexibility index (Phi) is 1.33. The van der Waals surface area contributed by atoms with Crippen molar-refractivity contribution in [2.45, 2.75) is 6.92 Å². The maximum Gasteiger partial charge on any atom is 0.0702 e. The van der Waals surface area contributed by atoms with Crippen molar-refractivity contribution in [3.05, 3.63) is 23.9 Å². The summed E-state index contributed by atoms with van der Waals surface area (Å²) in [5.41, 5.74) is 8.70. The fraction of sp³-hybridized carbons (Fsp3) is 0.222. The molecule has 62 valence electrons. The van der Waals surface area contributed by atoms with Gasteiger partial charge in [0, 0.05) is 18.1 Å². The molecule has 0 amide bonds. The maximum atomic E-state index is 5.82. The highest BCUT2D eigenvalue weighted by Gasteiger charge is 2.05. The van der Waals surface area contributed by atoms with Crippen LogP contribution in [0.15, 0.2) is 18.2 Å². The van der Waals surface area contributed by atoms with Gasteiger partial charge >= 0.3 is 0 Å². The number of rotatable bonds is 0. The largest absolute Gasteiger partial charge is 0.398 e. The fourth-order valence-electron chi connectivity index (χ4n) is 1.55. The minimum Gasteiger partial charge on any atom is -0.398 e. The van der Waals surface area contributed by atoms with Gasteiger partial charge in [-0.15, -0.1) is 0 Å². The molecule has 0 bridgehead atoms. The molecule has 0 saturated heterocycles. The summed E-state index contributed by atoms with van der Waals surface area (Å²) in [4.78, 5) is 0. The Balaban J connectivity index is 2.99. The average Bonchev–Trinajstić information content (AvgIpc) is 2.29. The zero-order valence-corrected chi connectivity index (χ0v) is 7.20. The third-order valence-corrected chi connectivity index (χ3v) is 2.09. The van der Waals surface area contributed by atoms with Gasteiger partial charge in [-0.2, -0.15) is 5.10 Å². The number of aryl methyl sites for hydroxylation is 2. The Morgan fingerprint density at radius 1 is 1.42 bits per heavy atom. The molecule has 0 aliphatic rings. The first-order valence-electron chi connectivity index (χ1n) is 3.88. The van der Waals surface area contributed by atoms with Crippen molar-refractivity contribution in [3.63, 3.8) is 0 Å². The molecule has 3 heteroatoms. The Hall–Kier alpha value is -1.51. The van der Waals surface area contributed by atoms with Crippen molar-refractivity contribution in [2.24, 2.45) is 7.05 Å². The van der Waals surface area contributed by atoms with Crippen LogP contribution >= 0.6 is 0 Å². The van der Waals surface area contributed by atoms with Gasteiger partial charge in [-0.1, -0.05) is 6.07 Å². The van der Waals surface area contributed by atoms with Gasteiger partial charge in [-0.25, -0.2) is 0 Å². The zero-order valence-electron chi connectivity index (χ0n) is 7.20. The van der Waals surface area contributed by atoms with Gasteiger partial charge in [-0.05, 0) is 19.1 Å². The minimum atomic E-state index is 0.804. The van der Waals surface area contributed by atoms with E-state index in [0.29, 0.717) is 0 Å². The van der Waals surface area contributed by atoms with E-state index in [1.807, 2.05) is 36.9 Å². The number of nitrogens with two attached hydrogens (primary N) is 1. The minimum absolute atomic E-state index is 0.804. The molecule has 0 spiro atoms. The number of hydrogen-bond acceptors (Lipinski definition) is 2. The van der Waals surface area contributed by atoms with Crippen molar-refractivity contribution in [1.29, 1.82) is 0 Å². The smallest absolute Gasteiger partial charge is 0.0702 e. The van der Waals surface area contributed by atoms with Crippen LogP contribution in [0, 0.1) is 6.92 Å². The van der Waals surface area contributed by atoms with Crippen LogP contribution in [0.2, 0.25) is 0 Å². The van der Waals surface area contributed by atoms with E-state index in [1.165, 1.54) is 0 Å². The van der Waals surface area contributed by atoms with Crippen LogP contribution in [0.25, 0.3) is 10.9 Å². The monoisotopic (exact) mass is 161 g/mol. The topological polar surface area (TPSA) is 43.8 Å². The van der Waals surface area contributed by atoms with Gasteiger partial charge < -0.3 is 5.73 Å². The van der Waals surface area contributed by atoms with E-state index in [1.54, 1.807) is 0 Å². The number of nitrogens with zero attached hydrogens (tertiary/aromatic N) is 2. The molecule has 0 aliphatic carbocycles. The Morgan fingerprint density at radius 2 is 2.17 bits per heavy atom. The van der Waals surface area contributed by atoms with Gasteiger partial charge in [0.15, 0.2) is 0 Å². The number of fused-ring (bicyclic) bond motifs is 1. The normalized spacial score (nSPS) is 10.8. The van der Waals surface area contributed by atoms with Crippen molar-refractivity contribution in [2.75, 3.05) is 5.73 Å². The quantitative estimate of drug-likeness (QED) is 0.594. The highest BCUT2D eigenvalue weighted by Crippen LogP contribution is 2.22. The molecule has 2 N–H and O–H groups in total. The standard InChI is InChI=1S/C9H11N3/c1-6-9-7(10)4-3-5-8(9)12(2)11-6/h3-5H,10H2,1-2H3. The summed E-state index contributed by atoms with van der Waals surface area (Å²) in [7, 11) is 1.93. The van der Waals surface area contributed by atoms with Crippen LogP contribution in [0.1, 0.15) is 5.69 Å². The van der Waals surface area contributed by atoms with E-state index in [0.717, 1.165) is 22.3 Å². The summed E-state index contributed by atoms with van der Waals surface area (Å²) in [6.45, 7) is 1.97. The third-order valence-electron chi connectivity index (χ3n) is 2.09. The molecule has 1 heterocycles. The molecule has 0 atom stereocenters. The highest BCUT2D eigenvalue weighted by molar-refractivity contribution is 5.92. The summed E-state index contributed by atoms with van der Waals surface area (Å²) in [6.07, 6.45) is 0. The number of benzene rings is 1. The zero-order chi connectivity index (χ0) is 8.72. The molecule has 12 heavy (non-hydrogen) atoms. The van der Waals surface area contributed by atoms with Crippen LogP contribution in [-0.2, 0) is 7.05 Å². The lowest BCUT2D eigenvalue weighted by molar-refractivity contribution is 0.783. The molecule has 0 fully saturated rings. The third kappa shape index (κ3) is 0.794. The van der Waals surface area contributed by atoms with E-state index in [9.17, 15) is 0 Å².